The quantitative estimate of drug-likeness (QED) is 0.433. The van der Waals surface area contributed by atoms with Crippen LogP contribution in [0.4, 0.5) is 5.69 Å². The molecule has 8 nitrogen and oxygen atoms in total. The predicted molar refractivity (Wildman–Crippen MR) is 122 cm³/mol. The van der Waals surface area contributed by atoms with E-state index in [4.69, 9.17) is 9.47 Å². The Bertz CT molecular complexity index is 1170. The van der Waals surface area contributed by atoms with E-state index < -0.39 is 0 Å². The average Bonchev–Trinajstić information content (AvgIpc) is 3.30. The first-order valence-electron chi connectivity index (χ1n) is 9.68. The zero-order chi connectivity index (χ0) is 22.0. The van der Waals surface area contributed by atoms with Crippen molar-refractivity contribution in [1.29, 1.82) is 0 Å². The number of halogens is 1. The number of amides is 1. The standard InChI is InChI=1S/C22H22BrN5O3/c1-13-18(14(2)28(3)27-13)11-24-22(25-17-6-4-5-16(23)10-17)26-21(29)15-7-8-19-20(9-15)31-12-30-19/h4-10H,11-12H2,1-3H3,(H2,24,25,26,29). The van der Waals surface area contributed by atoms with E-state index in [1.54, 1.807) is 18.2 Å². The summed E-state index contributed by atoms with van der Waals surface area (Å²) in [6.07, 6.45) is 0. The second-order valence-electron chi connectivity index (χ2n) is 7.10. The van der Waals surface area contributed by atoms with E-state index in [-0.39, 0.29) is 12.7 Å². The number of benzene rings is 2. The van der Waals surface area contributed by atoms with Gasteiger partial charge in [-0.3, -0.25) is 14.8 Å². The lowest BCUT2D eigenvalue weighted by molar-refractivity contribution is 0.0976. The van der Waals surface area contributed by atoms with Crippen molar-refractivity contribution in [2.45, 2.75) is 20.4 Å². The molecule has 0 saturated carbocycles. The van der Waals surface area contributed by atoms with E-state index in [0.717, 1.165) is 27.1 Å². The lowest BCUT2D eigenvalue weighted by Gasteiger charge is -2.12. The Morgan fingerprint density at radius 2 is 2.00 bits per heavy atom. The van der Waals surface area contributed by atoms with Crippen LogP contribution in [0.5, 0.6) is 11.5 Å². The van der Waals surface area contributed by atoms with Gasteiger partial charge in [-0.1, -0.05) is 22.0 Å². The fraction of sp³-hybridized carbons (Fsp3) is 0.227. The minimum Gasteiger partial charge on any atom is -0.454 e. The van der Waals surface area contributed by atoms with Gasteiger partial charge in [0.1, 0.15) is 0 Å². The average molecular weight is 484 g/mol. The van der Waals surface area contributed by atoms with E-state index in [9.17, 15) is 4.79 Å². The molecule has 0 atom stereocenters. The molecule has 9 heteroatoms. The Morgan fingerprint density at radius 3 is 2.74 bits per heavy atom. The van der Waals surface area contributed by atoms with E-state index in [1.165, 1.54) is 0 Å². The molecule has 4 rings (SSSR count). The SMILES string of the molecule is Cc1nn(C)c(C)c1CN=C(NC(=O)c1ccc2c(c1)OCO2)Nc1cccc(Br)c1. The van der Waals surface area contributed by atoms with Gasteiger partial charge in [0.15, 0.2) is 11.5 Å². The van der Waals surface area contributed by atoms with Crippen molar-refractivity contribution < 1.29 is 14.3 Å². The van der Waals surface area contributed by atoms with Crippen LogP contribution in [-0.2, 0) is 13.6 Å². The Kier molecular flexibility index (Phi) is 5.94. The number of rotatable bonds is 4. The maximum Gasteiger partial charge on any atom is 0.258 e. The Balaban J connectivity index is 1.59. The van der Waals surface area contributed by atoms with Crippen molar-refractivity contribution in [1.82, 2.24) is 15.1 Å². The molecule has 1 aliphatic rings. The van der Waals surface area contributed by atoms with Crippen LogP contribution in [0.1, 0.15) is 27.3 Å². The number of aryl methyl sites for hydroxylation is 2. The first kappa shape index (κ1) is 20.9. The third kappa shape index (κ3) is 4.72. The number of ether oxygens (including phenoxy) is 2. The van der Waals surface area contributed by atoms with Crippen molar-refractivity contribution in [3.05, 3.63) is 69.5 Å². The van der Waals surface area contributed by atoms with Crippen molar-refractivity contribution in [2.75, 3.05) is 12.1 Å². The van der Waals surface area contributed by atoms with Crippen molar-refractivity contribution in [2.24, 2.45) is 12.0 Å². The van der Waals surface area contributed by atoms with Gasteiger partial charge < -0.3 is 14.8 Å². The van der Waals surface area contributed by atoms with Crippen LogP contribution in [0.25, 0.3) is 0 Å². The van der Waals surface area contributed by atoms with Gasteiger partial charge in [-0.15, -0.1) is 0 Å². The monoisotopic (exact) mass is 483 g/mol. The van der Waals surface area contributed by atoms with Gasteiger partial charge in [0.05, 0.1) is 12.2 Å². The summed E-state index contributed by atoms with van der Waals surface area (Å²) >= 11 is 3.46. The number of carbonyl (C=O) groups excluding carboxylic acids is 1. The van der Waals surface area contributed by atoms with Crippen LogP contribution in [-0.4, -0.2) is 28.4 Å². The van der Waals surface area contributed by atoms with Gasteiger partial charge in [-0.2, -0.15) is 5.10 Å². The summed E-state index contributed by atoms with van der Waals surface area (Å²) in [5, 5.41) is 10.5. The van der Waals surface area contributed by atoms with Gasteiger partial charge >= 0.3 is 0 Å². The highest BCUT2D eigenvalue weighted by molar-refractivity contribution is 9.10. The number of hydrogen-bond donors (Lipinski definition) is 2. The van der Waals surface area contributed by atoms with Crippen LogP contribution < -0.4 is 20.1 Å². The molecule has 0 spiro atoms. The van der Waals surface area contributed by atoms with Gasteiger partial charge in [-0.25, -0.2) is 4.99 Å². The molecule has 0 radical (unpaired) electrons. The second kappa shape index (κ2) is 8.81. The van der Waals surface area contributed by atoms with Crippen molar-refractivity contribution >= 4 is 33.5 Å². The Hall–Kier alpha value is -3.33. The zero-order valence-electron chi connectivity index (χ0n) is 17.4. The molecule has 31 heavy (non-hydrogen) atoms. The normalized spacial score (nSPS) is 12.7. The summed E-state index contributed by atoms with van der Waals surface area (Å²) in [5.41, 5.74) is 4.20. The number of carbonyl (C=O) groups is 1. The molecule has 1 aliphatic heterocycles. The highest BCUT2D eigenvalue weighted by atomic mass is 79.9. The number of aliphatic imine (C=N–C) groups is 1. The molecular formula is C22H22BrN5O3. The van der Waals surface area contributed by atoms with E-state index in [1.807, 2.05) is 49.8 Å². The van der Waals surface area contributed by atoms with Crippen LogP contribution >= 0.6 is 15.9 Å². The van der Waals surface area contributed by atoms with Crippen molar-refractivity contribution in [3.63, 3.8) is 0 Å². The molecule has 160 valence electrons. The lowest BCUT2D eigenvalue weighted by atomic mass is 10.2. The zero-order valence-corrected chi connectivity index (χ0v) is 19.0. The summed E-state index contributed by atoms with van der Waals surface area (Å²) in [4.78, 5) is 17.5. The molecular weight excluding hydrogens is 462 g/mol. The van der Waals surface area contributed by atoms with Gasteiger partial charge in [0.25, 0.3) is 5.91 Å². The fourth-order valence-corrected chi connectivity index (χ4v) is 3.63. The Labute approximate surface area is 188 Å². The Morgan fingerprint density at radius 1 is 1.19 bits per heavy atom. The van der Waals surface area contributed by atoms with Gasteiger partial charge in [0, 0.05) is 34.0 Å². The maximum absolute atomic E-state index is 12.9. The first-order valence-corrected chi connectivity index (χ1v) is 10.5. The molecule has 1 aromatic heterocycles. The summed E-state index contributed by atoms with van der Waals surface area (Å²) in [7, 11) is 1.90. The maximum atomic E-state index is 12.9. The van der Waals surface area contributed by atoms with Crippen LogP contribution in [0.3, 0.4) is 0 Å². The van der Waals surface area contributed by atoms with Crippen LogP contribution in [0.2, 0.25) is 0 Å². The highest BCUT2D eigenvalue weighted by Gasteiger charge is 2.17. The van der Waals surface area contributed by atoms with Crippen LogP contribution in [0.15, 0.2) is 51.9 Å². The number of anilines is 1. The lowest BCUT2D eigenvalue weighted by Crippen LogP contribution is -2.36. The summed E-state index contributed by atoms with van der Waals surface area (Å²) in [5.74, 6) is 1.20. The summed E-state index contributed by atoms with van der Waals surface area (Å²) in [6.45, 7) is 4.48. The summed E-state index contributed by atoms with van der Waals surface area (Å²) < 4.78 is 13.4. The molecule has 0 saturated heterocycles. The largest absolute Gasteiger partial charge is 0.454 e. The molecule has 1 amide bonds. The molecule has 2 aromatic carbocycles. The molecule has 3 aromatic rings. The smallest absolute Gasteiger partial charge is 0.258 e. The molecule has 0 aliphatic carbocycles. The van der Waals surface area contributed by atoms with E-state index in [0.29, 0.717) is 29.6 Å². The number of aromatic nitrogens is 2. The van der Waals surface area contributed by atoms with Crippen LogP contribution in [0, 0.1) is 13.8 Å². The third-order valence-electron chi connectivity index (χ3n) is 5.01. The summed E-state index contributed by atoms with van der Waals surface area (Å²) in [6, 6.07) is 12.7. The van der Waals surface area contributed by atoms with Crippen molar-refractivity contribution in [3.8, 4) is 11.5 Å². The molecule has 0 fully saturated rings. The first-order chi connectivity index (χ1) is 14.9. The third-order valence-corrected chi connectivity index (χ3v) is 5.50. The molecule has 0 unspecified atom stereocenters. The number of nitrogens with zero attached hydrogens (tertiary/aromatic N) is 3. The predicted octanol–water partition coefficient (Wildman–Crippen LogP) is 3.93. The molecule has 0 bridgehead atoms. The molecule has 2 heterocycles. The minimum absolute atomic E-state index is 0.154. The fourth-order valence-electron chi connectivity index (χ4n) is 3.24. The minimum atomic E-state index is -0.306. The van der Waals surface area contributed by atoms with E-state index >= 15 is 0 Å². The number of nitrogens with one attached hydrogen (secondary N) is 2. The van der Waals surface area contributed by atoms with Gasteiger partial charge in [0.2, 0.25) is 12.8 Å². The van der Waals surface area contributed by atoms with Gasteiger partial charge in [-0.05, 0) is 50.2 Å². The second-order valence-corrected chi connectivity index (χ2v) is 8.01. The topological polar surface area (TPSA) is 89.8 Å². The number of guanidine groups is 1. The molecule has 2 N–H and O–H groups in total. The highest BCUT2D eigenvalue weighted by Crippen LogP contribution is 2.32. The number of hydrogen-bond acceptors (Lipinski definition) is 5. The van der Waals surface area contributed by atoms with E-state index in [2.05, 4.69) is 36.7 Å². The number of fused-ring (bicyclic) bond motifs is 1.